The van der Waals surface area contributed by atoms with Crippen LogP contribution in [0.1, 0.15) is 33.6 Å². The molecule has 1 rings (SSSR count). The van der Waals surface area contributed by atoms with E-state index in [9.17, 15) is 0 Å². The van der Waals surface area contributed by atoms with E-state index in [0.717, 1.165) is 5.92 Å². The summed E-state index contributed by atoms with van der Waals surface area (Å²) < 4.78 is 0.450. The van der Waals surface area contributed by atoms with Gasteiger partial charge in [0, 0.05) is 4.75 Å². The molecule has 0 amide bonds. The van der Waals surface area contributed by atoms with Gasteiger partial charge in [-0.25, -0.2) is 0 Å². The third-order valence-electron chi connectivity index (χ3n) is 2.22. The second-order valence-corrected chi connectivity index (χ2v) is 6.53. The summed E-state index contributed by atoms with van der Waals surface area (Å²) in [5.41, 5.74) is 0. The molecule has 1 atom stereocenters. The minimum absolute atomic E-state index is 0.450. The maximum atomic E-state index is 3.41. The molecular weight excluding hydrogens is 166 g/mol. The predicted molar refractivity (Wildman–Crippen MR) is 57.8 cm³/mol. The quantitative estimate of drug-likeness (QED) is 0.728. The molecule has 0 saturated carbocycles. The van der Waals surface area contributed by atoms with E-state index >= 15 is 0 Å². The van der Waals surface area contributed by atoms with Crippen LogP contribution >= 0.6 is 11.8 Å². The summed E-state index contributed by atoms with van der Waals surface area (Å²) in [4.78, 5) is 0. The highest BCUT2D eigenvalue weighted by molar-refractivity contribution is 8.00. The van der Waals surface area contributed by atoms with Crippen LogP contribution < -0.4 is 5.32 Å². The summed E-state index contributed by atoms with van der Waals surface area (Å²) in [7, 11) is 0. The average Bonchev–Trinajstić information content (AvgIpc) is 2.36. The van der Waals surface area contributed by atoms with Crippen LogP contribution in [0.15, 0.2) is 0 Å². The Labute approximate surface area is 80.7 Å². The maximum Gasteiger partial charge on any atom is 0.00750 e. The van der Waals surface area contributed by atoms with Crippen LogP contribution in [0.5, 0.6) is 0 Å². The van der Waals surface area contributed by atoms with Gasteiger partial charge in [-0.15, -0.1) is 0 Å². The molecular formula is C10H21NS. The van der Waals surface area contributed by atoms with Crippen molar-refractivity contribution in [1.82, 2.24) is 5.32 Å². The number of hydrogen-bond donors (Lipinski definition) is 1. The van der Waals surface area contributed by atoms with Gasteiger partial charge in [0.15, 0.2) is 0 Å². The van der Waals surface area contributed by atoms with E-state index in [2.05, 4.69) is 37.8 Å². The molecule has 0 aromatic rings. The highest BCUT2D eigenvalue weighted by atomic mass is 32.2. The number of thioether (sulfide) groups is 1. The lowest BCUT2D eigenvalue weighted by molar-refractivity contribution is 0.566. The van der Waals surface area contributed by atoms with Crippen molar-refractivity contribution in [2.24, 2.45) is 5.92 Å². The summed E-state index contributed by atoms with van der Waals surface area (Å²) in [6, 6.07) is 0. The van der Waals surface area contributed by atoms with Crippen molar-refractivity contribution >= 4 is 11.8 Å². The smallest absolute Gasteiger partial charge is 0.00750 e. The molecule has 1 aliphatic heterocycles. The van der Waals surface area contributed by atoms with Gasteiger partial charge in [-0.2, -0.15) is 11.8 Å². The van der Waals surface area contributed by atoms with Crippen molar-refractivity contribution in [3.8, 4) is 0 Å². The van der Waals surface area contributed by atoms with Crippen molar-refractivity contribution in [2.45, 2.75) is 38.4 Å². The van der Waals surface area contributed by atoms with Crippen LogP contribution in [0.2, 0.25) is 0 Å². The molecule has 1 aliphatic rings. The van der Waals surface area contributed by atoms with Gasteiger partial charge < -0.3 is 5.32 Å². The Morgan fingerprint density at radius 1 is 1.42 bits per heavy atom. The highest BCUT2D eigenvalue weighted by Gasteiger charge is 2.16. The van der Waals surface area contributed by atoms with Gasteiger partial charge in [0.25, 0.3) is 0 Å². The first-order valence-electron chi connectivity index (χ1n) is 4.92. The average molecular weight is 187 g/mol. The number of rotatable bonds is 3. The first kappa shape index (κ1) is 10.4. The SMILES string of the molecule is CC(C)(C)SCC[C@@H]1CCNC1. The fourth-order valence-electron chi connectivity index (χ4n) is 1.49. The molecule has 0 radical (unpaired) electrons. The Hall–Kier alpha value is 0.310. The van der Waals surface area contributed by atoms with E-state index in [1.54, 1.807) is 0 Å². The Morgan fingerprint density at radius 3 is 2.67 bits per heavy atom. The van der Waals surface area contributed by atoms with Crippen LogP contribution in [0.25, 0.3) is 0 Å². The van der Waals surface area contributed by atoms with Gasteiger partial charge in [0.05, 0.1) is 0 Å². The van der Waals surface area contributed by atoms with Crippen molar-refractivity contribution in [1.29, 1.82) is 0 Å². The molecule has 1 nitrogen and oxygen atoms in total. The standard InChI is InChI=1S/C10H21NS/c1-10(2,3)12-7-5-9-4-6-11-8-9/h9,11H,4-8H2,1-3H3/t9-/m0/s1. The first-order chi connectivity index (χ1) is 5.58. The van der Waals surface area contributed by atoms with E-state index in [4.69, 9.17) is 0 Å². The predicted octanol–water partition coefficient (Wildman–Crippen LogP) is 2.52. The lowest BCUT2D eigenvalue weighted by Gasteiger charge is -2.18. The molecule has 2 heteroatoms. The summed E-state index contributed by atoms with van der Waals surface area (Å²) in [5, 5.41) is 3.41. The zero-order valence-corrected chi connectivity index (χ0v) is 9.34. The van der Waals surface area contributed by atoms with Crippen molar-refractivity contribution in [3.63, 3.8) is 0 Å². The van der Waals surface area contributed by atoms with Crippen LogP contribution in [0.4, 0.5) is 0 Å². The van der Waals surface area contributed by atoms with Crippen LogP contribution in [-0.2, 0) is 0 Å². The molecule has 0 aromatic heterocycles. The van der Waals surface area contributed by atoms with Crippen molar-refractivity contribution < 1.29 is 0 Å². The molecule has 72 valence electrons. The minimum atomic E-state index is 0.450. The summed E-state index contributed by atoms with van der Waals surface area (Å²) >= 11 is 2.09. The van der Waals surface area contributed by atoms with Crippen molar-refractivity contribution in [3.05, 3.63) is 0 Å². The van der Waals surface area contributed by atoms with E-state index in [-0.39, 0.29) is 0 Å². The van der Waals surface area contributed by atoms with E-state index in [1.807, 2.05) is 0 Å². The van der Waals surface area contributed by atoms with Crippen LogP contribution in [-0.4, -0.2) is 23.6 Å². The van der Waals surface area contributed by atoms with E-state index < -0.39 is 0 Å². The summed E-state index contributed by atoms with van der Waals surface area (Å²) in [6.07, 6.45) is 2.79. The molecule has 1 heterocycles. The normalized spacial score (nSPS) is 24.8. The fourth-order valence-corrected chi connectivity index (χ4v) is 2.56. The Morgan fingerprint density at radius 2 is 2.17 bits per heavy atom. The van der Waals surface area contributed by atoms with Crippen LogP contribution in [0, 0.1) is 5.92 Å². The van der Waals surface area contributed by atoms with Crippen molar-refractivity contribution in [2.75, 3.05) is 18.8 Å². The van der Waals surface area contributed by atoms with Gasteiger partial charge in [-0.05, 0) is 37.6 Å². The number of hydrogen-bond acceptors (Lipinski definition) is 2. The van der Waals surface area contributed by atoms with E-state index in [1.165, 1.54) is 31.7 Å². The molecule has 0 aromatic carbocycles. The third-order valence-corrected chi connectivity index (χ3v) is 3.53. The molecule has 0 aliphatic carbocycles. The molecule has 1 saturated heterocycles. The Bertz CT molecular complexity index is 122. The highest BCUT2D eigenvalue weighted by Crippen LogP contribution is 2.26. The lowest BCUT2D eigenvalue weighted by atomic mass is 10.1. The molecule has 0 spiro atoms. The molecule has 1 fully saturated rings. The largest absolute Gasteiger partial charge is 0.316 e. The fraction of sp³-hybridized carbons (Fsp3) is 1.00. The zero-order valence-electron chi connectivity index (χ0n) is 8.52. The van der Waals surface area contributed by atoms with Crippen LogP contribution in [0.3, 0.4) is 0 Å². The molecule has 0 unspecified atom stereocenters. The van der Waals surface area contributed by atoms with Gasteiger partial charge in [-0.3, -0.25) is 0 Å². The summed E-state index contributed by atoms with van der Waals surface area (Å²) in [5.74, 6) is 2.29. The lowest BCUT2D eigenvalue weighted by Crippen LogP contribution is -2.12. The summed E-state index contributed by atoms with van der Waals surface area (Å²) in [6.45, 7) is 9.38. The topological polar surface area (TPSA) is 12.0 Å². The molecule has 12 heavy (non-hydrogen) atoms. The molecule has 0 bridgehead atoms. The van der Waals surface area contributed by atoms with Gasteiger partial charge in [0.1, 0.15) is 0 Å². The first-order valence-corrected chi connectivity index (χ1v) is 5.91. The van der Waals surface area contributed by atoms with E-state index in [0.29, 0.717) is 4.75 Å². The van der Waals surface area contributed by atoms with Gasteiger partial charge in [-0.1, -0.05) is 20.8 Å². The zero-order chi connectivity index (χ0) is 9.03. The Kier molecular flexibility index (Phi) is 3.91. The second kappa shape index (κ2) is 4.52. The Balaban J connectivity index is 2.02. The minimum Gasteiger partial charge on any atom is -0.316 e. The van der Waals surface area contributed by atoms with Gasteiger partial charge >= 0.3 is 0 Å². The maximum absolute atomic E-state index is 3.41. The van der Waals surface area contributed by atoms with Gasteiger partial charge in [0.2, 0.25) is 0 Å². The third kappa shape index (κ3) is 4.36. The molecule has 1 N–H and O–H groups in total. The second-order valence-electron chi connectivity index (χ2n) is 4.61. The monoisotopic (exact) mass is 187 g/mol. The number of nitrogens with one attached hydrogen (secondary N) is 1.